The number of pyridine rings is 1. The van der Waals surface area contributed by atoms with Crippen molar-refractivity contribution in [1.29, 1.82) is 0 Å². The number of nitrogens with zero attached hydrogens (tertiary/aromatic N) is 1. The van der Waals surface area contributed by atoms with Crippen molar-refractivity contribution >= 4 is 0 Å². The number of hydrogen-bond acceptors (Lipinski definition) is 3. The first-order chi connectivity index (χ1) is 9.70. The summed E-state index contributed by atoms with van der Waals surface area (Å²) in [5.74, 6) is 0.905. The predicted octanol–water partition coefficient (Wildman–Crippen LogP) is 3.57. The van der Waals surface area contributed by atoms with Crippen LogP contribution in [0.2, 0.25) is 0 Å². The molecular formula is C16H17FN2O. The number of aryl methyl sites for hydroxylation is 1. The monoisotopic (exact) mass is 272 g/mol. The number of benzene rings is 1. The van der Waals surface area contributed by atoms with E-state index in [1.165, 1.54) is 18.9 Å². The van der Waals surface area contributed by atoms with Crippen LogP contribution in [0.3, 0.4) is 0 Å². The van der Waals surface area contributed by atoms with Crippen molar-refractivity contribution in [3.05, 3.63) is 53.5 Å². The van der Waals surface area contributed by atoms with Crippen molar-refractivity contribution in [2.45, 2.75) is 32.4 Å². The Labute approximate surface area is 117 Å². The number of nitrogens with one attached hydrogen (secondary N) is 1. The Balaban J connectivity index is 1.69. The van der Waals surface area contributed by atoms with Gasteiger partial charge in [0.15, 0.2) is 0 Å². The van der Waals surface area contributed by atoms with Gasteiger partial charge >= 0.3 is 0 Å². The van der Waals surface area contributed by atoms with Gasteiger partial charge in [-0.3, -0.25) is 0 Å². The molecule has 1 aliphatic carbocycles. The van der Waals surface area contributed by atoms with Crippen LogP contribution in [0, 0.1) is 12.7 Å². The van der Waals surface area contributed by atoms with E-state index >= 15 is 0 Å². The first kappa shape index (κ1) is 13.1. The molecule has 3 rings (SSSR count). The molecule has 1 heterocycles. The molecule has 1 N–H and O–H groups in total. The zero-order valence-corrected chi connectivity index (χ0v) is 11.4. The van der Waals surface area contributed by atoms with Crippen molar-refractivity contribution in [1.82, 2.24) is 10.3 Å². The molecule has 1 saturated carbocycles. The molecule has 4 heteroatoms. The second-order valence-electron chi connectivity index (χ2n) is 5.14. The second kappa shape index (κ2) is 5.59. The molecule has 1 fully saturated rings. The zero-order chi connectivity index (χ0) is 13.9. The highest BCUT2D eigenvalue weighted by Gasteiger charge is 2.20. The molecule has 104 valence electrons. The molecule has 0 unspecified atom stereocenters. The van der Waals surface area contributed by atoms with Crippen LogP contribution < -0.4 is 10.1 Å². The fraction of sp³-hybridized carbons (Fsp3) is 0.312. The Hall–Kier alpha value is -1.94. The summed E-state index contributed by atoms with van der Waals surface area (Å²) >= 11 is 0. The molecule has 3 nitrogen and oxygen atoms in total. The lowest BCUT2D eigenvalue weighted by Gasteiger charge is -2.08. The maximum Gasteiger partial charge on any atom is 0.219 e. The number of ether oxygens (including phenoxy) is 1. The number of halogens is 1. The molecular weight excluding hydrogens is 255 g/mol. The standard InChI is InChI=1S/C16H17FN2O/c1-11-9-14(7-8-15(11)17)20-16-4-2-3-13(19-16)10-18-12-5-6-12/h2-4,7-9,12,18H,5-6,10H2,1H3. The predicted molar refractivity (Wildman–Crippen MR) is 75.3 cm³/mol. The minimum atomic E-state index is -0.229. The van der Waals surface area contributed by atoms with Crippen LogP contribution in [-0.4, -0.2) is 11.0 Å². The summed E-state index contributed by atoms with van der Waals surface area (Å²) in [6.45, 7) is 2.47. The Bertz CT molecular complexity index is 611. The van der Waals surface area contributed by atoms with E-state index in [1.54, 1.807) is 25.1 Å². The lowest BCUT2D eigenvalue weighted by Crippen LogP contribution is -2.16. The molecule has 0 saturated heterocycles. The molecule has 2 aromatic rings. The van der Waals surface area contributed by atoms with E-state index in [1.807, 2.05) is 12.1 Å². The minimum absolute atomic E-state index is 0.229. The van der Waals surface area contributed by atoms with E-state index in [4.69, 9.17) is 4.74 Å². The highest BCUT2D eigenvalue weighted by atomic mass is 19.1. The number of hydrogen-bond donors (Lipinski definition) is 1. The lowest BCUT2D eigenvalue weighted by molar-refractivity contribution is 0.457. The Morgan fingerprint density at radius 3 is 2.90 bits per heavy atom. The zero-order valence-electron chi connectivity index (χ0n) is 11.4. The lowest BCUT2D eigenvalue weighted by atomic mass is 10.2. The van der Waals surface area contributed by atoms with Gasteiger partial charge in [0.1, 0.15) is 11.6 Å². The Morgan fingerprint density at radius 2 is 2.15 bits per heavy atom. The highest BCUT2D eigenvalue weighted by Crippen LogP contribution is 2.23. The van der Waals surface area contributed by atoms with Crippen LogP contribution >= 0.6 is 0 Å². The summed E-state index contributed by atoms with van der Waals surface area (Å²) in [7, 11) is 0. The van der Waals surface area contributed by atoms with Crippen molar-refractivity contribution in [2.75, 3.05) is 0 Å². The highest BCUT2D eigenvalue weighted by molar-refractivity contribution is 5.32. The van der Waals surface area contributed by atoms with Crippen molar-refractivity contribution in [2.24, 2.45) is 0 Å². The van der Waals surface area contributed by atoms with Crippen LogP contribution in [0.5, 0.6) is 11.6 Å². The van der Waals surface area contributed by atoms with E-state index in [2.05, 4.69) is 10.3 Å². The SMILES string of the molecule is Cc1cc(Oc2cccc(CNC3CC3)n2)ccc1F. The van der Waals surface area contributed by atoms with Gasteiger partial charge in [-0.25, -0.2) is 9.37 Å². The van der Waals surface area contributed by atoms with E-state index < -0.39 is 0 Å². The van der Waals surface area contributed by atoms with Gasteiger partial charge in [0.25, 0.3) is 0 Å². The van der Waals surface area contributed by atoms with Crippen molar-refractivity contribution < 1.29 is 9.13 Å². The van der Waals surface area contributed by atoms with Crippen LogP contribution in [-0.2, 0) is 6.54 Å². The normalized spacial score (nSPS) is 14.3. The van der Waals surface area contributed by atoms with E-state index in [0.29, 0.717) is 23.2 Å². The minimum Gasteiger partial charge on any atom is -0.439 e. The summed E-state index contributed by atoms with van der Waals surface area (Å²) in [4.78, 5) is 4.44. The van der Waals surface area contributed by atoms with Gasteiger partial charge in [0.2, 0.25) is 5.88 Å². The average Bonchev–Trinajstić information content (AvgIpc) is 3.25. The van der Waals surface area contributed by atoms with Gasteiger partial charge in [0, 0.05) is 18.7 Å². The quantitative estimate of drug-likeness (QED) is 0.903. The molecule has 20 heavy (non-hydrogen) atoms. The van der Waals surface area contributed by atoms with Crippen LogP contribution in [0.4, 0.5) is 4.39 Å². The summed E-state index contributed by atoms with van der Waals surface area (Å²) in [6.07, 6.45) is 2.51. The maximum absolute atomic E-state index is 13.2. The van der Waals surface area contributed by atoms with Crippen molar-refractivity contribution in [3.63, 3.8) is 0 Å². The first-order valence-corrected chi connectivity index (χ1v) is 6.84. The molecule has 1 aromatic heterocycles. The largest absolute Gasteiger partial charge is 0.439 e. The first-order valence-electron chi connectivity index (χ1n) is 6.84. The van der Waals surface area contributed by atoms with Crippen LogP contribution in [0.1, 0.15) is 24.1 Å². The fourth-order valence-electron chi connectivity index (χ4n) is 1.95. The smallest absolute Gasteiger partial charge is 0.219 e. The fourth-order valence-corrected chi connectivity index (χ4v) is 1.95. The molecule has 0 bridgehead atoms. The summed E-state index contributed by atoms with van der Waals surface area (Å²) < 4.78 is 18.9. The summed E-state index contributed by atoms with van der Waals surface area (Å²) in [5.41, 5.74) is 1.52. The molecule has 1 aliphatic rings. The van der Waals surface area contributed by atoms with E-state index in [9.17, 15) is 4.39 Å². The van der Waals surface area contributed by atoms with E-state index in [0.717, 1.165) is 12.2 Å². The third-order valence-electron chi connectivity index (χ3n) is 3.28. The summed E-state index contributed by atoms with van der Waals surface area (Å²) in [6, 6.07) is 11.0. The third-order valence-corrected chi connectivity index (χ3v) is 3.28. The van der Waals surface area contributed by atoms with Gasteiger partial charge in [-0.15, -0.1) is 0 Å². The molecule has 0 amide bonds. The molecule has 0 spiro atoms. The van der Waals surface area contributed by atoms with Gasteiger partial charge in [-0.2, -0.15) is 0 Å². The third kappa shape index (κ3) is 3.33. The molecule has 0 aliphatic heterocycles. The van der Waals surface area contributed by atoms with Crippen molar-refractivity contribution in [3.8, 4) is 11.6 Å². The Kier molecular flexibility index (Phi) is 3.65. The van der Waals surface area contributed by atoms with Crippen LogP contribution in [0.15, 0.2) is 36.4 Å². The van der Waals surface area contributed by atoms with Gasteiger partial charge in [-0.1, -0.05) is 6.07 Å². The topological polar surface area (TPSA) is 34.1 Å². The Morgan fingerprint density at radius 1 is 1.30 bits per heavy atom. The van der Waals surface area contributed by atoms with Crippen LogP contribution in [0.25, 0.3) is 0 Å². The average molecular weight is 272 g/mol. The number of aromatic nitrogens is 1. The van der Waals surface area contributed by atoms with E-state index in [-0.39, 0.29) is 5.82 Å². The summed E-state index contributed by atoms with van der Waals surface area (Å²) in [5, 5.41) is 3.41. The maximum atomic E-state index is 13.2. The number of rotatable bonds is 5. The second-order valence-corrected chi connectivity index (χ2v) is 5.14. The molecule has 0 radical (unpaired) electrons. The molecule has 1 aromatic carbocycles. The van der Waals surface area contributed by atoms with Gasteiger partial charge in [-0.05, 0) is 49.6 Å². The molecule has 0 atom stereocenters. The van der Waals surface area contributed by atoms with Gasteiger partial charge < -0.3 is 10.1 Å². The van der Waals surface area contributed by atoms with Gasteiger partial charge in [0.05, 0.1) is 5.69 Å².